The maximum atomic E-state index is 13.5. The van der Waals surface area contributed by atoms with Crippen LogP contribution in [-0.4, -0.2) is 54.4 Å². The van der Waals surface area contributed by atoms with E-state index < -0.39 is 0 Å². The third-order valence-electron chi connectivity index (χ3n) is 8.09. The van der Waals surface area contributed by atoms with Crippen molar-refractivity contribution in [2.24, 2.45) is 23.2 Å². The molecule has 162 valence electrons. The Hall–Kier alpha value is -2.04. The molecule has 6 rings (SSSR count). The van der Waals surface area contributed by atoms with Crippen LogP contribution in [0.1, 0.15) is 49.7 Å². The number of rotatable bonds is 4. The van der Waals surface area contributed by atoms with Crippen molar-refractivity contribution in [2.45, 2.75) is 52.4 Å². The molecule has 0 spiro atoms. The predicted molar refractivity (Wildman–Crippen MR) is 115 cm³/mol. The quantitative estimate of drug-likeness (QED) is 0.763. The molecule has 1 aromatic carbocycles. The molecule has 0 aromatic heterocycles. The van der Waals surface area contributed by atoms with Crippen LogP contribution in [0.4, 0.5) is 0 Å². The van der Waals surface area contributed by atoms with Crippen molar-refractivity contribution in [1.29, 1.82) is 0 Å². The fourth-order valence-corrected chi connectivity index (χ4v) is 7.06. The van der Waals surface area contributed by atoms with Gasteiger partial charge in [0.05, 0.1) is 5.41 Å². The molecule has 4 aliphatic carbocycles. The van der Waals surface area contributed by atoms with E-state index in [0.29, 0.717) is 32.1 Å². The molecule has 5 heteroatoms. The molecule has 1 aromatic rings. The zero-order valence-corrected chi connectivity index (χ0v) is 18.4. The van der Waals surface area contributed by atoms with Gasteiger partial charge in [-0.15, -0.1) is 0 Å². The minimum atomic E-state index is -0.0764. The van der Waals surface area contributed by atoms with E-state index in [1.165, 1.54) is 24.8 Å². The summed E-state index contributed by atoms with van der Waals surface area (Å²) >= 11 is 0. The van der Waals surface area contributed by atoms with E-state index in [2.05, 4.69) is 11.0 Å². The van der Waals surface area contributed by atoms with Crippen LogP contribution in [-0.2, 0) is 9.59 Å². The average molecular weight is 411 g/mol. The van der Waals surface area contributed by atoms with Crippen LogP contribution in [0.2, 0.25) is 0 Å². The standard InChI is InChI=1S/C25H34N2O3/c1-17-3-4-22(18(2)9-17)30-16-23(28)26-5-7-27(8-6-26)24(29)25-13-19-10-20(14-25)12-21(11-19)15-25/h3-4,9,19-21H,5-8,10-16H2,1-2H3. The highest BCUT2D eigenvalue weighted by Gasteiger charge is 2.55. The first-order chi connectivity index (χ1) is 14.4. The Morgan fingerprint density at radius 1 is 0.933 bits per heavy atom. The number of nitrogens with zero attached hydrogens (tertiary/aromatic N) is 2. The van der Waals surface area contributed by atoms with E-state index in [9.17, 15) is 9.59 Å². The minimum absolute atomic E-state index is 0.0110. The van der Waals surface area contributed by atoms with E-state index in [-0.39, 0.29) is 17.9 Å². The van der Waals surface area contributed by atoms with E-state index >= 15 is 0 Å². The van der Waals surface area contributed by atoms with Crippen molar-refractivity contribution < 1.29 is 14.3 Å². The molecule has 5 aliphatic rings. The smallest absolute Gasteiger partial charge is 0.260 e. The van der Waals surface area contributed by atoms with Gasteiger partial charge in [-0.25, -0.2) is 0 Å². The number of piperazine rings is 1. The maximum Gasteiger partial charge on any atom is 0.260 e. The van der Waals surface area contributed by atoms with Gasteiger partial charge >= 0.3 is 0 Å². The van der Waals surface area contributed by atoms with E-state index in [1.54, 1.807) is 0 Å². The minimum Gasteiger partial charge on any atom is -0.484 e. The number of aryl methyl sites for hydroxylation is 2. The molecule has 5 fully saturated rings. The van der Waals surface area contributed by atoms with Crippen LogP contribution in [0.5, 0.6) is 5.75 Å². The molecule has 0 unspecified atom stereocenters. The summed E-state index contributed by atoms with van der Waals surface area (Å²) in [5.74, 6) is 3.52. The number of carbonyl (C=O) groups is 2. The van der Waals surface area contributed by atoms with Crippen LogP contribution in [0, 0.1) is 37.0 Å². The van der Waals surface area contributed by atoms with Crippen molar-refractivity contribution in [3.05, 3.63) is 29.3 Å². The molecule has 1 aliphatic heterocycles. The molecule has 0 radical (unpaired) electrons. The number of carbonyl (C=O) groups excluding carboxylic acids is 2. The Morgan fingerprint density at radius 2 is 1.50 bits per heavy atom. The molecule has 2 amide bonds. The highest BCUT2D eigenvalue weighted by molar-refractivity contribution is 5.84. The first kappa shape index (κ1) is 19.9. The highest BCUT2D eigenvalue weighted by Crippen LogP contribution is 2.60. The normalized spacial score (nSPS) is 32.4. The molecular formula is C25H34N2O3. The van der Waals surface area contributed by atoms with Gasteiger partial charge in [0.25, 0.3) is 5.91 Å². The average Bonchev–Trinajstić information content (AvgIpc) is 2.71. The van der Waals surface area contributed by atoms with Crippen LogP contribution < -0.4 is 4.74 Å². The molecule has 1 saturated heterocycles. The van der Waals surface area contributed by atoms with Gasteiger partial charge in [-0.2, -0.15) is 0 Å². The van der Waals surface area contributed by atoms with Crippen LogP contribution in [0.3, 0.4) is 0 Å². The Bertz CT molecular complexity index is 806. The van der Waals surface area contributed by atoms with Gasteiger partial charge in [0.1, 0.15) is 5.75 Å². The summed E-state index contributed by atoms with van der Waals surface area (Å²) in [5, 5.41) is 0. The van der Waals surface area contributed by atoms with Crippen LogP contribution in [0.25, 0.3) is 0 Å². The van der Waals surface area contributed by atoms with Gasteiger partial charge in [0.15, 0.2) is 6.61 Å². The topological polar surface area (TPSA) is 49.9 Å². The highest BCUT2D eigenvalue weighted by atomic mass is 16.5. The Labute approximate surface area is 179 Å². The van der Waals surface area contributed by atoms with Gasteiger partial charge in [-0.1, -0.05) is 17.7 Å². The van der Waals surface area contributed by atoms with E-state index in [1.807, 2.05) is 30.9 Å². The fraction of sp³-hybridized carbons (Fsp3) is 0.680. The van der Waals surface area contributed by atoms with E-state index in [4.69, 9.17) is 4.74 Å². The van der Waals surface area contributed by atoms with Crippen molar-refractivity contribution in [3.63, 3.8) is 0 Å². The van der Waals surface area contributed by atoms with Gasteiger partial charge in [0.2, 0.25) is 5.91 Å². The first-order valence-corrected chi connectivity index (χ1v) is 11.7. The SMILES string of the molecule is Cc1ccc(OCC(=O)N2CCN(C(=O)C34CC5CC(CC(C5)C3)C4)CC2)c(C)c1. The maximum absolute atomic E-state index is 13.5. The number of hydrogen-bond donors (Lipinski definition) is 0. The first-order valence-electron chi connectivity index (χ1n) is 11.7. The molecule has 1 heterocycles. The summed E-state index contributed by atoms with van der Waals surface area (Å²) in [4.78, 5) is 30.1. The number of amides is 2. The van der Waals surface area contributed by atoms with Crippen molar-refractivity contribution >= 4 is 11.8 Å². The summed E-state index contributed by atoms with van der Waals surface area (Å²) in [5.41, 5.74) is 2.16. The molecule has 5 nitrogen and oxygen atoms in total. The molecule has 4 saturated carbocycles. The van der Waals surface area contributed by atoms with E-state index in [0.717, 1.165) is 48.3 Å². The van der Waals surface area contributed by atoms with Crippen molar-refractivity contribution in [1.82, 2.24) is 9.80 Å². The predicted octanol–water partition coefficient (Wildman–Crippen LogP) is 3.57. The second-order valence-electron chi connectivity index (χ2n) is 10.4. The molecule has 4 bridgehead atoms. The largest absolute Gasteiger partial charge is 0.484 e. The second-order valence-corrected chi connectivity index (χ2v) is 10.4. The Balaban J connectivity index is 1.14. The summed E-state index contributed by atoms with van der Waals surface area (Å²) in [6.45, 7) is 6.67. The summed E-state index contributed by atoms with van der Waals surface area (Å²) in [6, 6.07) is 6.00. The van der Waals surface area contributed by atoms with Crippen molar-refractivity contribution in [2.75, 3.05) is 32.8 Å². The molecule has 0 N–H and O–H groups in total. The summed E-state index contributed by atoms with van der Waals surface area (Å²) in [7, 11) is 0. The Morgan fingerprint density at radius 3 is 2.07 bits per heavy atom. The lowest BCUT2D eigenvalue weighted by Gasteiger charge is -2.57. The summed E-state index contributed by atoms with van der Waals surface area (Å²) in [6.07, 6.45) is 7.40. The fourth-order valence-electron chi connectivity index (χ4n) is 7.06. The summed E-state index contributed by atoms with van der Waals surface area (Å²) < 4.78 is 5.77. The molecular weight excluding hydrogens is 376 g/mol. The third kappa shape index (κ3) is 3.61. The zero-order chi connectivity index (χ0) is 20.9. The zero-order valence-electron chi connectivity index (χ0n) is 18.4. The van der Waals surface area contributed by atoms with Crippen LogP contribution >= 0.6 is 0 Å². The third-order valence-corrected chi connectivity index (χ3v) is 8.09. The number of benzene rings is 1. The van der Waals surface area contributed by atoms with Gasteiger partial charge < -0.3 is 14.5 Å². The lowest BCUT2D eigenvalue weighted by molar-refractivity contribution is -0.160. The monoisotopic (exact) mass is 410 g/mol. The molecule has 0 atom stereocenters. The number of ether oxygens (including phenoxy) is 1. The second kappa shape index (κ2) is 7.58. The lowest BCUT2D eigenvalue weighted by Crippen LogP contribution is -2.58. The van der Waals surface area contributed by atoms with Gasteiger partial charge in [0, 0.05) is 26.2 Å². The molecule has 30 heavy (non-hydrogen) atoms. The van der Waals surface area contributed by atoms with Crippen LogP contribution in [0.15, 0.2) is 18.2 Å². The Kier molecular flexibility index (Phi) is 5.03. The van der Waals surface area contributed by atoms with Gasteiger partial charge in [-0.05, 0) is 81.8 Å². The van der Waals surface area contributed by atoms with Gasteiger partial charge in [-0.3, -0.25) is 9.59 Å². The number of hydrogen-bond acceptors (Lipinski definition) is 3. The lowest BCUT2D eigenvalue weighted by atomic mass is 9.49. The van der Waals surface area contributed by atoms with Crippen molar-refractivity contribution in [3.8, 4) is 5.75 Å².